The molecule has 1 aliphatic rings. The third kappa shape index (κ3) is 38.8. The molecule has 0 saturated carbocycles. The van der Waals surface area contributed by atoms with Gasteiger partial charge in [-0.3, -0.25) is 9.59 Å². The first-order valence-corrected chi connectivity index (χ1v) is 30.6. The molecule has 0 aromatic heterocycles. The maximum absolute atomic E-state index is 13.4. The predicted molar refractivity (Wildman–Crippen MR) is 306 cm³/mol. The van der Waals surface area contributed by atoms with E-state index in [2.05, 4.69) is 62.5 Å². The third-order valence-corrected chi connectivity index (χ3v) is 14.2. The van der Waals surface area contributed by atoms with E-state index < -0.39 is 67.4 Å². The summed E-state index contributed by atoms with van der Waals surface area (Å²) in [6, 6.07) is -1.03. The molecule has 1 fully saturated rings. The number of ether oxygens (including phenoxy) is 3. The highest BCUT2D eigenvalue weighted by Crippen LogP contribution is 2.26. The second-order valence-corrected chi connectivity index (χ2v) is 21.1. The molecule has 0 aliphatic carbocycles. The van der Waals surface area contributed by atoms with Crippen LogP contribution in [0.1, 0.15) is 265 Å². The van der Waals surface area contributed by atoms with Gasteiger partial charge in [-0.25, -0.2) is 0 Å². The molecule has 8 unspecified atom stereocenters. The Morgan fingerprint density at radius 2 is 0.986 bits per heavy atom. The van der Waals surface area contributed by atoms with Gasteiger partial charge in [-0.15, -0.1) is 0 Å². The highest BCUT2D eigenvalue weighted by molar-refractivity contribution is 5.80. The summed E-state index contributed by atoms with van der Waals surface area (Å²) in [6.07, 6.45) is 52.6. The zero-order chi connectivity index (χ0) is 54.0. The Morgan fingerprint density at radius 3 is 1.49 bits per heavy atom. The SMILES string of the molecule is CC/C=C/C=C/C=C/CCCCCCCCC(O)C(=O)NC(COC1OC(CO)C(O)C(O)C1OC(=O)CCCCCCCCCCC/C=C/CCCCCCCC)C(O)/C=C/CCCCCCCCCCCC. The largest absolute Gasteiger partial charge is 0.454 e. The quantitative estimate of drug-likeness (QED) is 0.0149. The van der Waals surface area contributed by atoms with Gasteiger partial charge in [-0.2, -0.15) is 0 Å². The summed E-state index contributed by atoms with van der Waals surface area (Å²) < 4.78 is 17.6. The van der Waals surface area contributed by atoms with Crippen molar-refractivity contribution in [3.05, 3.63) is 60.8 Å². The van der Waals surface area contributed by atoms with Gasteiger partial charge in [0.1, 0.15) is 24.4 Å². The first kappa shape index (κ1) is 69.4. The van der Waals surface area contributed by atoms with E-state index in [1.807, 2.05) is 18.2 Å². The molecule has 0 aromatic carbocycles. The van der Waals surface area contributed by atoms with Crippen LogP contribution in [-0.4, -0.2) is 99.6 Å². The number of amides is 1. The molecule has 8 atom stereocenters. The second-order valence-electron chi connectivity index (χ2n) is 21.1. The van der Waals surface area contributed by atoms with Crippen molar-refractivity contribution >= 4 is 11.9 Å². The molecular weight excluding hydrogens is 931 g/mol. The molecule has 430 valence electrons. The molecule has 0 aromatic rings. The summed E-state index contributed by atoms with van der Waals surface area (Å²) in [6.45, 7) is 5.65. The van der Waals surface area contributed by atoms with Crippen molar-refractivity contribution in [1.29, 1.82) is 0 Å². The molecule has 0 bridgehead atoms. The lowest BCUT2D eigenvalue weighted by Crippen LogP contribution is -2.61. The number of carbonyl (C=O) groups excluding carboxylic acids is 2. The fraction of sp³-hybridized carbons (Fsp3) is 0.810. The first-order valence-electron chi connectivity index (χ1n) is 30.6. The van der Waals surface area contributed by atoms with Crippen LogP contribution in [-0.2, 0) is 23.8 Å². The normalized spacial score (nSPS) is 19.7. The Hall–Kier alpha value is -2.64. The molecule has 1 saturated heterocycles. The van der Waals surface area contributed by atoms with Gasteiger partial charge in [0.05, 0.1) is 25.4 Å². The maximum atomic E-state index is 13.4. The Bertz CT molecular complexity index is 1430. The lowest BCUT2D eigenvalue weighted by atomic mass is 9.99. The second kappa shape index (κ2) is 51.1. The van der Waals surface area contributed by atoms with Crippen molar-refractivity contribution in [3.63, 3.8) is 0 Å². The van der Waals surface area contributed by atoms with Gasteiger partial charge in [0.15, 0.2) is 12.4 Å². The van der Waals surface area contributed by atoms with Crippen molar-refractivity contribution in [2.45, 2.75) is 314 Å². The Kier molecular flexibility index (Phi) is 47.9. The van der Waals surface area contributed by atoms with E-state index in [0.29, 0.717) is 12.8 Å². The van der Waals surface area contributed by atoms with Gasteiger partial charge < -0.3 is 45.1 Å². The van der Waals surface area contributed by atoms with Crippen LogP contribution in [0.5, 0.6) is 0 Å². The van der Waals surface area contributed by atoms with Crippen LogP contribution in [0.3, 0.4) is 0 Å². The summed E-state index contributed by atoms with van der Waals surface area (Å²) in [4.78, 5) is 26.5. The number of aliphatic hydroxyl groups is 5. The number of aliphatic hydroxyl groups excluding tert-OH is 5. The standard InChI is InChI=1S/C63H113NO10/c1-4-7-10-13-16-19-22-25-27-28-29-30-31-33-36-39-42-45-48-51-58(68)74-61-60(70)59(69)57(52-65)73-63(61)72-53-54(55(66)49-46-43-40-37-34-24-21-18-15-12-9-6-3)64-62(71)56(67)50-47-44-41-38-35-32-26-23-20-17-14-11-8-5-2/h8,11,14,17,20,23,25,27,46,49,54-57,59-61,63,65-67,69-70H,4-7,9-10,12-13,15-16,18-19,21-22,24,26,28-45,47-48,50-53H2,1-3H3,(H,64,71)/b11-8+,17-14+,23-20+,27-25+,49-46+. The van der Waals surface area contributed by atoms with E-state index in [-0.39, 0.29) is 19.4 Å². The van der Waals surface area contributed by atoms with E-state index >= 15 is 0 Å². The van der Waals surface area contributed by atoms with Crippen LogP contribution in [0.15, 0.2) is 60.8 Å². The third-order valence-electron chi connectivity index (χ3n) is 14.2. The highest BCUT2D eigenvalue weighted by Gasteiger charge is 2.47. The number of allylic oxidation sites excluding steroid dienone is 9. The highest BCUT2D eigenvalue weighted by atomic mass is 16.7. The van der Waals surface area contributed by atoms with E-state index in [9.17, 15) is 35.1 Å². The van der Waals surface area contributed by atoms with Crippen molar-refractivity contribution in [2.75, 3.05) is 13.2 Å². The van der Waals surface area contributed by atoms with Gasteiger partial charge in [0.2, 0.25) is 5.91 Å². The topological polar surface area (TPSA) is 175 Å². The van der Waals surface area contributed by atoms with Crippen molar-refractivity contribution in [3.8, 4) is 0 Å². The van der Waals surface area contributed by atoms with Crippen LogP contribution >= 0.6 is 0 Å². The number of carbonyl (C=O) groups is 2. The predicted octanol–water partition coefficient (Wildman–Crippen LogP) is 14.2. The first-order chi connectivity index (χ1) is 36.2. The van der Waals surface area contributed by atoms with Crippen molar-refractivity contribution < 1.29 is 49.3 Å². The number of hydrogen-bond acceptors (Lipinski definition) is 10. The van der Waals surface area contributed by atoms with Crippen molar-refractivity contribution in [2.24, 2.45) is 0 Å². The number of unbranched alkanes of at least 4 members (excludes halogenated alkanes) is 31. The Labute approximate surface area is 452 Å². The summed E-state index contributed by atoms with van der Waals surface area (Å²) in [7, 11) is 0. The zero-order valence-corrected chi connectivity index (χ0v) is 47.5. The minimum absolute atomic E-state index is 0.119. The fourth-order valence-electron chi connectivity index (χ4n) is 9.35. The molecule has 1 rings (SSSR count). The van der Waals surface area contributed by atoms with E-state index in [4.69, 9.17) is 14.2 Å². The van der Waals surface area contributed by atoms with E-state index in [1.54, 1.807) is 6.08 Å². The minimum Gasteiger partial charge on any atom is -0.454 e. The molecule has 0 spiro atoms. The molecule has 1 heterocycles. The van der Waals surface area contributed by atoms with Crippen molar-refractivity contribution in [1.82, 2.24) is 5.32 Å². The Balaban J connectivity index is 2.68. The van der Waals surface area contributed by atoms with Crippen LogP contribution in [0.25, 0.3) is 0 Å². The van der Waals surface area contributed by atoms with Crippen LogP contribution in [0, 0.1) is 0 Å². The fourth-order valence-corrected chi connectivity index (χ4v) is 9.35. The summed E-state index contributed by atoms with van der Waals surface area (Å²) in [5.41, 5.74) is 0. The van der Waals surface area contributed by atoms with Gasteiger partial charge >= 0.3 is 5.97 Å². The van der Waals surface area contributed by atoms with Crippen LogP contribution in [0.2, 0.25) is 0 Å². The molecule has 74 heavy (non-hydrogen) atoms. The minimum atomic E-state index is -1.62. The number of rotatable bonds is 51. The number of hydrogen-bond donors (Lipinski definition) is 6. The van der Waals surface area contributed by atoms with Gasteiger partial charge in [-0.1, -0.05) is 248 Å². The molecule has 1 aliphatic heterocycles. The lowest BCUT2D eigenvalue weighted by Gasteiger charge is -2.41. The molecule has 11 nitrogen and oxygen atoms in total. The average molecular weight is 1040 g/mol. The molecule has 6 N–H and O–H groups in total. The van der Waals surface area contributed by atoms with E-state index in [0.717, 1.165) is 83.5 Å². The smallest absolute Gasteiger partial charge is 0.306 e. The van der Waals surface area contributed by atoms with Gasteiger partial charge in [0, 0.05) is 6.42 Å². The summed E-state index contributed by atoms with van der Waals surface area (Å²) in [5.74, 6) is -1.21. The molecule has 11 heteroatoms. The molecule has 0 radical (unpaired) electrons. The van der Waals surface area contributed by atoms with Crippen LogP contribution < -0.4 is 5.32 Å². The molecule has 1 amide bonds. The number of nitrogens with one attached hydrogen (secondary N) is 1. The summed E-state index contributed by atoms with van der Waals surface area (Å²) in [5, 5.41) is 56.9. The maximum Gasteiger partial charge on any atom is 0.306 e. The summed E-state index contributed by atoms with van der Waals surface area (Å²) >= 11 is 0. The van der Waals surface area contributed by atoms with E-state index in [1.165, 1.54) is 135 Å². The lowest BCUT2D eigenvalue weighted by molar-refractivity contribution is -0.305. The van der Waals surface area contributed by atoms with Gasteiger partial charge in [0.25, 0.3) is 0 Å². The van der Waals surface area contributed by atoms with Crippen LogP contribution in [0.4, 0.5) is 0 Å². The molecular formula is C63H113NO10. The zero-order valence-electron chi connectivity index (χ0n) is 47.5. The monoisotopic (exact) mass is 1040 g/mol. The van der Waals surface area contributed by atoms with Gasteiger partial charge in [-0.05, 0) is 70.6 Å². The Morgan fingerprint density at radius 1 is 0.541 bits per heavy atom. The average Bonchev–Trinajstić information content (AvgIpc) is 3.40. The number of esters is 1.